The number of carbonyl (C=O) groups excluding carboxylic acids is 1. The number of aryl methyl sites for hydroxylation is 1. The predicted molar refractivity (Wildman–Crippen MR) is 116 cm³/mol. The molecule has 0 aliphatic carbocycles. The lowest BCUT2D eigenvalue weighted by Gasteiger charge is -2.06. The van der Waals surface area contributed by atoms with Gasteiger partial charge in [-0.1, -0.05) is 42.5 Å². The number of rotatable bonds is 8. The molecule has 2 heterocycles. The summed E-state index contributed by atoms with van der Waals surface area (Å²) in [7, 11) is 0. The van der Waals surface area contributed by atoms with Crippen molar-refractivity contribution >= 4 is 27.6 Å². The molecule has 0 saturated heterocycles. The molecule has 4 rings (SSSR count). The molecule has 0 bridgehead atoms. The highest BCUT2D eigenvalue weighted by Gasteiger charge is 2.05. The normalized spacial score (nSPS) is 10.9. The van der Waals surface area contributed by atoms with E-state index in [1.807, 2.05) is 47.3 Å². The van der Waals surface area contributed by atoms with Crippen molar-refractivity contribution in [2.75, 3.05) is 6.54 Å². The number of hydrogen-bond acceptors (Lipinski definition) is 4. The molecular formula is C22H23N5OS. The Bertz CT molecular complexity index is 1040. The van der Waals surface area contributed by atoms with E-state index in [0.717, 1.165) is 35.5 Å². The number of thiazole rings is 1. The molecule has 0 unspecified atom stereocenters. The summed E-state index contributed by atoms with van der Waals surface area (Å²) in [5.74, 6) is 0. The van der Waals surface area contributed by atoms with Crippen LogP contribution in [0.15, 0.2) is 67.0 Å². The summed E-state index contributed by atoms with van der Waals surface area (Å²) in [6.45, 7) is 1.80. The van der Waals surface area contributed by atoms with Crippen molar-refractivity contribution in [3.63, 3.8) is 0 Å². The van der Waals surface area contributed by atoms with Crippen LogP contribution in [0.3, 0.4) is 0 Å². The van der Waals surface area contributed by atoms with E-state index in [1.54, 1.807) is 17.5 Å². The minimum Gasteiger partial charge on any atom is -0.338 e. The first kappa shape index (κ1) is 19.1. The molecule has 2 aromatic carbocycles. The van der Waals surface area contributed by atoms with E-state index in [4.69, 9.17) is 0 Å². The molecule has 148 valence electrons. The second kappa shape index (κ2) is 9.34. The maximum atomic E-state index is 12.0. The molecule has 0 aliphatic rings. The largest absolute Gasteiger partial charge is 0.338 e. The molecule has 0 saturated carbocycles. The van der Waals surface area contributed by atoms with Gasteiger partial charge in [0, 0.05) is 31.3 Å². The molecule has 7 heteroatoms. The summed E-state index contributed by atoms with van der Waals surface area (Å²) < 4.78 is 3.09. The molecular weight excluding hydrogens is 382 g/mol. The van der Waals surface area contributed by atoms with Gasteiger partial charge in [-0.15, -0.1) is 11.3 Å². The van der Waals surface area contributed by atoms with E-state index in [1.165, 1.54) is 10.3 Å². The minimum atomic E-state index is -0.162. The van der Waals surface area contributed by atoms with E-state index >= 15 is 0 Å². The zero-order valence-corrected chi connectivity index (χ0v) is 16.9. The fraction of sp³-hybridized carbons (Fsp3) is 0.227. The lowest BCUT2D eigenvalue weighted by Crippen LogP contribution is -2.35. The van der Waals surface area contributed by atoms with Crippen LogP contribution >= 0.6 is 11.3 Å². The fourth-order valence-electron chi connectivity index (χ4n) is 3.07. The van der Waals surface area contributed by atoms with Crippen molar-refractivity contribution in [3.8, 4) is 0 Å². The van der Waals surface area contributed by atoms with Crippen LogP contribution in [0.25, 0.3) is 10.2 Å². The van der Waals surface area contributed by atoms with Crippen LogP contribution < -0.4 is 10.6 Å². The van der Waals surface area contributed by atoms with Crippen molar-refractivity contribution < 1.29 is 4.79 Å². The summed E-state index contributed by atoms with van der Waals surface area (Å²) >= 11 is 1.72. The quantitative estimate of drug-likeness (QED) is 0.436. The number of nitrogens with one attached hydrogen (secondary N) is 2. The molecule has 6 nitrogen and oxygen atoms in total. The SMILES string of the molecule is O=C(NCCCc1nc2ccccc2s1)NCc1cnn(Cc2ccccc2)c1. The van der Waals surface area contributed by atoms with Gasteiger partial charge in [-0.2, -0.15) is 5.10 Å². The third kappa shape index (κ3) is 5.42. The molecule has 0 atom stereocenters. The molecule has 0 aliphatic heterocycles. The number of fused-ring (bicyclic) bond motifs is 1. The number of nitrogens with zero attached hydrogens (tertiary/aromatic N) is 3. The number of urea groups is 1. The standard InChI is InChI=1S/C22H23N5OS/c28-22(23-12-6-11-21-26-19-9-4-5-10-20(19)29-21)24-13-18-14-25-27(16-18)15-17-7-2-1-3-8-17/h1-5,7-10,14,16H,6,11-13,15H2,(H2,23,24,28). The minimum absolute atomic E-state index is 0.162. The molecule has 0 fully saturated rings. The van der Waals surface area contributed by atoms with Gasteiger partial charge >= 0.3 is 6.03 Å². The van der Waals surface area contributed by atoms with E-state index < -0.39 is 0 Å². The van der Waals surface area contributed by atoms with Crippen LogP contribution in [0.5, 0.6) is 0 Å². The number of benzene rings is 2. The van der Waals surface area contributed by atoms with E-state index in [9.17, 15) is 4.79 Å². The maximum absolute atomic E-state index is 12.0. The highest BCUT2D eigenvalue weighted by molar-refractivity contribution is 7.18. The molecule has 2 amide bonds. The Morgan fingerprint density at radius 2 is 1.83 bits per heavy atom. The molecule has 2 N–H and O–H groups in total. The Morgan fingerprint density at radius 1 is 1.00 bits per heavy atom. The Morgan fingerprint density at radius 3 is 2.69 bits per heavy atom. The summed E-state index contributed by atoms with van der Waals surface area (Å²) in [4.78, 5) is 16.6. The number of hydrogen-bond donors (Lipinski definition) is 2. The summed E-state index contributed by atoms with van der Waals surface area (Å²) in [6.07, 6.45) is 5.48. The Balaban J connectivity index is 1.16. The van der Waals surface area contributed by atoms with Crippen LogP contribution in [-0.4, -0.2) is 27.3 Å². The first-order chi connectivity index (χ1) is 14.3. The average molecular weight is 406 g/mol. The van der Waals surface area contributed by atoms with Crippen molar-refractivity contribution in [1.82, 2.24) is 25.4 Å². The van der Waals surface area contributed by atoms with E-state index in [2.05, 4.69) is 38.9 Å². The van der Waals surface area contributed by atoms with Crippen LogP contribution in [0, 0.1) is 0 Å². The van der Waals surface area contributed by atoms with Gasteiger partial charge in [0.2, 0.25) is 0 Å². The summed E-state index contributed by atoms with van der Waals surface area (Å²) in [5.41, 5.74) is 3.22. The van der Waals surface area contributed by atoms with Crippen molar-refractivity contribution in [2.45, 2.75) is 25.9 Å². The smallest absolute Gasteiger partial charge is 0.315 e. The van der Waals surface area contributed by atoms with Crippen LogP contribution in [0.1, 0.15) is 22.6 Å². The number of aromatic nitrogens is 3. The van der Waals surface area contributed by atoms with Crippen LogP contribution in [0.4, 0.5) is 4.79 Å². The first-order valence-electron chi connectivity index (χ1n) is 9.68. The zero-order valence-electron chi connectivity index (χ0n) is 16.0. The van der Waals surface area contributed by atoms with E-state index in [0.29, 0.717) is 13.1 Å². The van der Waals surface area contributed by atoms with Gasteiger partial charge in [0.25, 0.3) is 0 Å². The van der Waals surface area contributed by atoms with Gasteiger partial charge in [0.05, 0.1) is 28.0 Å². The molecule has 29 heavy (non-hydrogen) atoms. The third-order valence-corrected chi connectivity index (χ3v) is 5.61. The summed E-state index contributed by atoms with van der Waals surface area (Å²) in [5, 5.41) is 11.2. The second-order valence-electron chi connectivity index (χ2n) is 6.82. The lowest BCUT2D eigenvalue weighted by atomic mass is 10.2. The number of carbonyl (C=O) groups is 1. The maximum Gasteiger partial charge on any atom is 0.315 e. The number of para-hydroxylation sites is 1. The highest BCUT2D eigenvalue weighted by Crippen LogP contribution is 2.22. The molecule has 4 aromatic rings. The van der Waals surface area contributed by atoms with Gasteiger partial charge in [-0.25, -0.2) is 9.78 Å². The summed E-state index contributed by atoms with van der Waals surface area (Å²) in [6, 6.07) is 18.2. The van der Waals surface area contributed by atoms with Crippen molar-refractivity contribution in [1.29, 1.82) is 0 Å². The second-order valence-corrected chi connectivity index (χ2v) is 7.94. The molecule has 0 spiro atoms. The molecule has 2 aromatic heterocycles. The first-order valence-corrected chi connectivity index (χ1v) is 10.5. The van der Waals surface area contributed by atoms with Crippen molar-refractivity contribution in [3.05, 3.63) is 83.1 Å². The van der Waals surface area contributed by atoms with E-state index in [-0.39, 0.29) is 6.03 Å². The van der Waals surface area contributed by atoms with Crippen LogP contribution in [0.2, 0.25) is 0 Å². The third-order valence-electron chi connectivity index (χ3n) is 4.52. The van der Waals surface area contributed by atoms with Gasteiger partial charge in [0.15, 0.2) is 0 Å². The Labute approximate surface area is 173 Å². The molecule has 0 radical (unpaired) electrons. The van der Waals surface area contributed by atoms with Crippen molar-refractivity contribution in [2.24, 2.45) is 0 Å². The topological polar surface area (TPSA) is 71.8 Å². The zero-order chi connectivity index (χ0) is 19.9. The number of amides is 2. The Kier molecular flexibility index (Phi) is 6.16. The fourth-order valence-corrected chi connectivity index (χ4v) is 4.08. The monoisotopic (exact) mass is 405 g/mol. The van der Waals surface area contributed by atoms with Gasteiger partial charge in [-0.3, -0.25) is 4.68 Å². The lowest BCUT2D eigenvalue weighted by molar-refractivity contribution is 0.240. The average Bonchev–Trinajstić information content (AvgIpc) is 3.36. The highest BCUT2D eigenvalue weighted by atomic mass is 32.1. The Hall–Kier alpha value is -3.19. The predicted octanol–water partition coefficient (Wildman–Crippen LogP) is 3.97. The van der Waals surface area contributed by atoms with Gasteiger partial charge < -0.3 is 10.6 Å². The van der Waals surface area contributed by atoms with Crippen LogP contribution in [-0.2, 0) is 19.5 Å². The van der Waals surface area contributed by atoms with Gasteiger partial charge in [0.1, 0.15) is 0 Å². The van der Waals surface area contributed by atoms with Gasteiger partial charge in [-0.05, 0) is 24.1 Å².